The van der Waals surface area contributed by atoms with E-state index in [1.807, 2.05) is 31.2 Å². The van der Waals surface area contributed by atoms with E-state index in [0.29, 0.717) is 24.3 Å². The van der Waals surface area contributed by atoms with Gasteiger partial charge in [-0.25, -0.2) is 0 Å². The van der Waals surface area contributed by atoms with Crippen LogP contribution in [0.15, 0.2) is 45.5 Å². The highest BCUT2D eigenvalue weighted by Gasteiger charge is 2.39. The fourth-order valence-corrected chi connectivity index (χ4v) is 3.63. The predicted molar refractivity (Wildman–Crippen MR) is 104 cm³/mol. The summed E-state index contributed by atoms with van der Waals surface area (Å²) in [7, 11) is 1.62. The second kappa shape index (κ2) is 8.17. The minimum absolute atomic E-state index is 0.0450. The number of ether oxygens (including phenoxy) is 1. The highest BCUT2D eigenvalue weighted by atomic mass is 79.9. The smallest absolute Gasteiger partial charge is 0.289 e. The first-order valence-corrected chi connectivity index (χ1v) is 9.66. The summed E-state index contributed by atoms with van der Waals surface area (Å²) >= 11 is 3.21. The maximum Gasteiger partial charge on any atom is 0.289 e. The topological polar surface area (TPSA) is 71.8 Å². The van der Waals surface area contributed by atoms with Gasteiger partial charge in [0.1, 0.15) is 5.75 Å². The molecule has 2 amide bonds. The number of piperidine rings is 1. The van der Waals surface area contributed by atoms with Crippen LogP contribution >= 0.6 is 15.9 Å². The van der Waals surface area contributed by atoms with Gasteiger partial charge in [0.2, 0.25) is 5.91 Å². The number of benzene rings is 1. The number of hydrogen-bond donors (Lipinski definition) is 1. The molecule has 0 radical (unpaired) electrons. The maximum absolute atomic E-state index is 12.8. The molecule has 27 heavy (non-hydrogen) atoms. The third kappa shape index (κ3) is 4.53. The highest BCUT2D eigenvalue weighted by Crippen LogP contribution is 2.31. The number of hydrogen-bond acceptors (Lipinski definition) is 4. The molecule has 0 bridgehead atoms. The molecular weight excluding hydrogens is 412 g/mol. The van der Waals surface area contributed by atoms with Crippen molar-refractivity contribution in [3.8, 4) is 5.75 Å². The van der Waals surface area contributed by atoms with Gasteiger partial charge in [0.15, 0.2) is 10.4 Å². The molecule has 3 rings (SSSR count). The van der Waals surface area contributed by atoms with Crippen molar-refractivity contribution in [3.63, 3.8) is 0 Å². The van der Waals surface area contributed by atoms with E-state index < -0.39 is 5.41 Å². The molecule has 0 unspecified atom stereocenters. The number of amides is 2. The first-order valence-electron chi connectivity index (χ1n) is 8.87. The Bertz CT molecular complexity index is 818. The SMILES string of the molecule is COc1ccc(CNC(=O)[C@@]2(C)CCCN(C(=O)c3ccc(Br)o3)C2)cc1. The van der Waals surface area contributed by atoms with Crippen LogP contribution in [0.25, 0.3) is 0 Å². The molecule has 1 saturated heterocycles. The van der Waals surface area contributed by atoms with Crippen LogP contribution < -0.4 is 10.1 Å². The molecule has 2 heterocycles. The van der Waals surface area contributed by atoms with Crippen LogP contribution in [-0.4, -0.2) is 36.9 Å². The van der Waals surface area contributed by atoms with E-state index in [2.05, 4.69) is 21.2 Å². The number of halogens is 1. The quantitative estimate of drug-likeness (QED) is 0.779. The van der Waals surface area contributed by atoms with Crippen LogP contribution in [0.5, 0.6) is 5.75 Å². The summed E-state index contributed by atoms with van der Waals surface area (Å²) in [6.45, 7) is 3.35. The van der Waals surface area contributed by atoms with Gasteiger partial charge in [-0.3, -0.25) is 9.59 Å². The molecule has 1 fully saturated rings. The molecule has 1 aromatic carbocycles. The van der Waals surface area contributed by atoms with E-state index in [1.165, 1.54) is 0 Å². The Morgan fingerprint density at radius 3 is 2.63 bits per heavy atom. The minimum Gasteiger partial charge on any atom is -0.497 e. The van der Waals surface area contributed by atoms with Crippen LogP contribution in [0, 0.1) is 5.41 Å². The van der Waals surface area contributed by atoms with Gasteiger partial charge in [-0.15, -0.1) is 0 Å². The molecule has 1 aromatic heterocycles. The van der Waals surface area contributed by atoms with Crippen molar-refractivity contribution in [2.75, 3.05) is 20.2 Å². The van der Waals surface area contributed by atoms with Crippen molar-refractivity contribution in [2.24, 2.45) is 5.41 Å². The van der Waals surface area contributed by atoms with Crippen molar-refractivity contribution in [3.05, 3.63) is 52.4 Å². The maximum atomic E-state index is 12.8. The number of furan rings is 1. The lowest BCUT2D eigenvalue weighted by atomic mass is 9.80. The first kappa shape index (κ1) is 19.5. The number of carbonyl (C=O) groups is 2. The lowest BCUT2D eigenvalue weighted by Crippen LogP contribution is -2.51. The molecular formula is C20H23BrN2O4. The first-order chi connectivity index (χ1) is 12.9. The predicted octanol–water partition coefficient (Wildman–Crippen LogP) is 3.61. The van der Waals surface area contributed by atoms with Crippen molar-refractivity contribution < 1.29 is 18.7 Å². The molecule has 1 N–H and O–H groups in total. The Morgan fingerprint density at radius 1 is 1.26 bits per heavy atom. The van der Waals surface area contributed by atoms with Crippen molar-refractivity contribution in [2.45, 2.75) is 26.3 Å². The number of nitrogens with one attached hydrogen (secondary N) is 1. The van der Waals surface area contributed by atoms with E-state index in [4.69, 9.17) is 9.15 Å². The second-order valence-corrected chi connectivity index (χ2v) is 7.81. The number of carbonyl (C=O) groups excluding carboxylic acids is 2. The summed E-state index contributed by atoms with van der Waals surface area (Å²) in [6.07, 6.45) is 1.52. The Labute approximate surface area is 167 Å². The van der Waals surface area contributed by atoms with Crippen LogP contribution in [0.3, 0.4) is 0 Å². The van der Waals surface area contributed by atoms with Gasteiger partial charge in [-0.1, -0.05) is 12.1 Å². The van der Waals surface area contributed by atoms with Crippen molar-refractivity contribution in [1.82, 2.24) is 10.2 Å². The van der Waals surface area contributed by atoms with Crippen LogP contribution in [-0.2, 0) is 11.3 Å². The van der Waals surface area contributed by atoms with E-state index in [0.717, 1.165) is 24.2 Å². The van der Waals surface area contributed by atoms with Crippen LogP contribution in [0.4, 0.5) is 0 Å². The molecule has 7 heteroatoms. The standard InChI is InChI=1S/C20H23BrN2O4/c1-20(19(25)22-12-14-4-6-15(26-2)7-5-14)10-3-11-23(13-20)18(24)16-8-9-17(21)27-16/h4-9H,3,10-13H2,1-2H3,(H,22,25)/t20-/m0/s1. The summed E-state index contributed by atoms with van der Waals surface area (Å²) in [6, 6.07) is 10.9. The Balaban J connectivity index is 1.61. The van der Waals surface area contributed by atoms with Gasteiger partial charge < -0.3 is 19.4 Å². The van der Waals surface area contributed by atoms with E-state index in [1.54, 1.807) is 24.1 Å². The summed E-state index contributed by atoms with van der Waals surface area (Å²) in [5.74, 6) is 0.832. The zero-order chi connectivity index (χ0) is 19.4. The molecule has 1 atom stereocenters. The number of methoxy groups -OCH3 is 1. The third-order valence-corrected chi connectivity index (χ3v) is 5.35. The highest BCUT2D eigenvalue weighted by molar-refractivity contribution is 9.10. The molecule has 1 aliphatic heterocycles. The van der Waals surface area contributed by atoms with Gasteiger partial charge in [-0.2, -0.15) is 0 Å². The zero-order valence-electron chi connectivity index (χ0n) is 15.5. The molecule has 0 spiro atoms. The van der Waals surface area contributed by atoms with Gasteiger partial charge in [0.05, 0.1) is 12.5 Å². The summed E-state index contributed by atoms with van der Waals surface area (Å²) in [5.41, 5.74) is 0.376. The Hall–Kier alpha value is -2.28. The lowest BCUT2D eigenvalue weighted by Gasteiger charge is -2.39. The normalized spacial score (nSPS) is 19.6. The van der Waals surface area contributed by atoms with Crippen LogP contribution in [0.1, 0.15) is 35.9 Å². The minimum atomic E-state index is -0.621. The van der Waals surface area contributed by atoms with Gasteiger partial charge in [0, 0.05) is 19.6 Å². The second-order valence-electron chi connectivity index (χ2n) is 7.03. The van der Waals surface area contributed by atoms with Crippen molar-refractivity contribution >= 4 is 27.7 Å². The van der Waals surface area contributed by atoms with Gasteiger partial charge >= 0.3 is 0 Å². The molecule has 0 saturated carbocycles. The largest absolute Gasteiger partial charge is 0.497 e. The fourth-order valence-electron chi connectivity index (χ4n) is 3.32. The molecule has 2 aromatic rings. The number of nitrogens with zero attached hydrogens (tertiary/aromatic N) is 1. The molecule has 1 aliphatic rings. The van der Waals surface area contributed by atoms with Gasteiger partial charge in [-0.05, 0) is 65.5 Å². The number of rotatable bonds is 5. The van der Waals surface area contributed by atoms with E-state index >= 15 is 0 Å². The molecule has 6 nitrogen and oxygen atoms in total. The lowest BCUT2D eigenvalue weighted by molar-refractivity contribution is -0.132. The summed E-state index contributed by atoms with van der Waals surface area (Å²) < 4.78 is 11.0. The van der Waals surface area contributed by atoms with Gasteiger partial charge in [0.25, 0.3) is 5.91 Å². The average molecular weight is 435 g/mol. The van der Waals surface area contributed by atoms with E-state index in [-0.39, 0.29) is 17.6 Å². The van der Waals surface area contributed by atoms with E-state index in [9.17, 15) is 9.59 Å². The molecule has 0 aliphatic carbocycles. The number of likely N-dealkylation sites (tertiary alicyclic amines) is 1. The average Bonchev–Trinajstić information content (AvgIpc) is 3.12. The fraction of sp³-hybridized carbons (Fsp3) is 0.400. The van der Waals surface area contributed by atoms with Crippen molar-refractivity contribution in [1.29, 1.82) is 0 Å². The third-order valence-electron chi connectivity index (χ3n) is 4.93. The summed E-state index contributed by atoms with van der Waals surface area (Å²) in [5, 5.41) is 3.00. The Kier molecular flexibility index (Phi) is 5.89. The monoisotopic (exact) mass is 434 g/mol. The zero-order valence-corrected chi connectivity index (χ0v) is 17.0. The summed E-state index contributed by atoms with van der Waals surface area (Å²) in [4.78, 5) is 27.1. The van der Waals surface area contributed by atoms with Crippen LogP contribution in [0.2, 0.25) is 0 Å². The molecule has 144 valence electrons. The Morgan fingerprint density at radius 2 is 2.00 bits per heavy atom.